The van der Waals surface area contributed by atoms with Crippen molar-refractivity contribution in [2.24, 2.45) is 11.8 Å². The third-order valence-corrected chi connectivity index (χ3v) is 4.85. The van der Waals surface area contributed by atoms with Crippen molar-refractivity contribution in [3.05, 3.63) is 53.3 Å². The van der Waals surface area contributed by atoms with Crippen molar-refractivity contribution in [2.45, 2.75) is 45.8 Å². The van der Waals surface area contributed by atoms with E-state index in [-0.39, 0.29) is 28.9 Å². The van der Waals surface area contributed by atoms with Crippen LogP contribution in [-0.2, 0) is 9.59 Å². The average Bonchev–Trinajstić information content (AvgIpc) is 2.93. The molecule has 1 fully saturated rings. The van der Waals surface area contributed by atoms with Gasteiger partial charge in [0.2, 0.25) is 0 Å². The molecule has 6 heteroatoms. The monoisotopic (exact) mass is 373 g/mol. The second kappa shape index (κ2) is 8.86. The molecule has 1 aromatic carbocycles. The smallest absolute Gasteiger partial charge is 0.259 e. The first kappa shape index (κ1) is 20.7. The highest BCUT2D eigenvalue weighted by Crippen LogP contribution is 2.29. The minimum atomic E-state index is -1.27. The van der Waals surface area contributed by atoms with Gasteiger partial charge in [0.25, 0.3) is 5.91 Å². The van der Waals surface area contributed by atoms with Crippen molar-refractivity contribution in [2.75, 3.05) is 0 Å². The standard InChI is InChI=1S/C21H27NO5/c1-4-5-6-12(2)11-13(3)18(24)16-20(26)17(22-21(16)27)19(25)14-7-9-15(23)10-8-14/h4-5,7-10,12-13,17,19,23-25H,6,11H2,1-3H3,(H,22,27)/b5-4+,18-16-. The molecule has 1 aliphatic heterocycles. The molecule has 0 aliphatic carbocycles. The van der Waals surface area contributed by atoms with Crippen LogP contribution >= 0.6 is 0 Å². The van der Waals surface area contributed by atoms with Gasteiger partial charge in [-0.25, -0.2) is 0 Å². The first-order valence-corrected chi connectivity index (χ1v) is 9.12. The Morgan fingerprint density at radius 3 is 2.44 bits per heavy atom. The normalized spacial score (nSPS) is 22.6. The van der Waals surface area contributed by atoms with Crippen molar-refractivity contribution in [3.8, 4) is 5.75 Å². The zero-order chi connectivity index (χ0) is 20.1. The van der Waals surface area contributed by atoms with E-state index in [4.69, 9.17) is 0 Å². The van der Waals surface area contributed by atoms with Crippen molar-refractivity contribution in [1.29, 1.82) is 0 Å². The van der Waals surface area contributed by atoms with Crippen LogP contribution in [0.3, 0.4) is 0 Å². The summed E-state index contributed by atoms with van der Waals surface area (Å²) in [4.78, 5) is 25.0. The van der Waals surface area contributed by atoms with E-state index in [0.29, 0.717) is 12.0 Å². The van der Waals surface area contributed by atoms with Gasteiger partial charge in [0.1, 0.15) is 29.2 Å². The van der Waals surface area contributed by atoms with Crippen LogP contribution in [0.5, 0.6) is 5.75 Å². The molecule has 0 saturated carbocycles. The predicted octanol–water partition coefficient (Wildman–Crippen LogP) is 2.93. The number of hydrogen-bond donors (Lipinski definition) is 4. The summed E-state index contributed by atoms with van der Waals surface area (Å²) in [6, 6.07) is 4.58. The Bertz CT molecular complexity index is 750. The Morgan fingerprint density at radius 1 is 1.22 bits per heavy atom. The number of rotatable bonds is 7. The molecule has 0 radical (unpaired) electrons. The van der Waals surface area contributed by atoms with Crippen LogP contribution in [0.15, 0.2) is 47.7 Å². The molecule has 1 aliphatic rings. The molecule has 1 saturated heterocycles. The third kappa shape index (κ3) is 4.77. The lowest BCUT2D eigenvalue weighted by Crippen LogP contribution is -2.35. The van der Waals surface area contributed by atoms with Gasteiger partial charge in [-0.2, -0.15) is 0 Å². The number of carbonyl (C=O) groups is 2. The van der Waals surface area contributed by atoms with Crippen molar-refractivity contribution in [3.63, 3.8) is 0 Å². The van der Waals surface area contributed by atoms with Crippen LogP contribution in [0.4, 0.5) is 0 Å². The number of aliphatic hydroxyl groups is 2. The van der Waals surface area contributed by atoms with Gasteiger partial charge in [-0.05, 0) is 43.4 Å². The lowest BCUT2D eigenvalue weighted by atomic mass is 9.90. The van der Waals surface area contributed by atoms with Crippen LogP contribution in [0.2, 0.25) is 0 Å². The minimum Gasteiger partial charge on any atom is -0.511 e. The fourth-order valence-electron chi connectivity index (χ4n) is 3.30. The van der Waals surface area contributed by atoms with Gasteiger partial charge in [-0.1, -0.05) is 38.1 Å². The lowest BCUT2D eigenvalue weighted by molar-refractivity contribution is -0.118. The number of Topliss-reactive ketones (excluding diaryl/α,β-unsaturated/α-hetero) is 1. The van der Waals surface area contributed by atoms with E-state index in [9.17, 15) is 24.9 Å². The molecule has 0 aromatic heterocycles. The quantitative estimate of drug-likeness (QED) is 0.254. The zero-order valence-electron chi connectivity index (χ0n) is 15.8. The van der Waals surface area contributed by atoms with Gasteiger partial charge >= 0.3 is 0 Å². The lowest BCUT2D eigenvalue weighted by Gasteiger charge is -2.17. The van der Waals surface area contributed by atoms with Crippen LogP contribution < -0.4 is 5.32 Å². The maximum absolute atomic E-state index is 12.7. The third-order valence-electron chi connectivity index (χ3n) is 4.85. The van der Waals surface area contributed by atoms with E-state index in [1.807, 2.05) is 26.0 Å². The number of phenols is 1. The van der Waals surface area contributed by atoms with E-state index in [0.717, 1.165) is 6.42 Å². The summed E-state index contributed by atoms with van der Waals surface area (Å²) in [6.45, 7) is 5.76. The number of ketones is 1. The predicted molar refractivity (Wildman–Crippen MR) is 102 cm³/mol. The molecule has 146 valence electrons. The summed E-state index contributed by atoms with van der Waals surface area (Å²) >= 11 is 0. The van der Waals surface area contributed by atoms with Gasteiger partial charge < -0.3 is 20.6 Å². The fraction of sp³-hybridized carbons (Fsp3) is 0.429. The summed E-state index contributed by atoms with van der Waals surface area (Å²) < 4.78 is 0. The van der Waals surface area contributed by atoms with Gasteiger partial charge in [0.15, 0.2) is 5.78 Å². The highest BCUT2D eigenvalue weighted by Gasteiger charge is 2.43. The number of phenolic OH excluding ortho intramolecular Hbond substituents is 1. The van der Waals surface area contributed by atoms with Crippen molar-refractivity contribution in [1.82, 2.24) is 5.32 Å². The molecule has 4 atom stereocenters. The van der Waals surface area contributed by atoms with Gasteiger partial charge in [0, 0.05) is 5.92 Å². The largest absolute Gasteiger partial charge is 0.511 e. The Morgan fingerprint density at radius 2 is 1.85 bits per heavy atom. The number of allylic oxidation sites excluding steroid dienone is 3. The molecular weight excluding hydrogens is 346 g/mol. The van der Waals surface area contributed by atoms with E-state index in [1.54, 1.807) is 6.92 Å². The fourth-order valence-corrected chi connectivity index (χ4v) is 3.30. The molecule has 0 spiro atoms. The number of nitrogens with one attached hydrogen (secondary N) is 1. The topological polar surface area (TPSA) is 107 Å². The first-order chi connectivity index (χ1) is 12.8. The van der Waals surface area contributed by atoms with Gasteiger partial charge in [-0.15, -0.1) is 0 Å². The van der Waals surface area contributed by atoms with E-state index >= 15 is 0 Å². The molecule has 27 heavy (non-hydrogen) atoms. The number of aliphatic hydroxyl groups excluding tert-OH is 2. The number of hydrogen-bond acceptors (Lipinski definition) is 5. The molecule has 1 amide bonds. The van der Waals surface area contributed by atoms with Crippen molar-refractivity contribution >= 4 is 11.7 Å². The van der Waals surface area contributed by atoms with E-state index < -0.39 is 23.8 Å². The summed E-state index contributed by atoms with van der Waals surface area (Å²) in [5, 5.41) is 32.8. The maximum Gasteiger partial charge on any atom is 0.259 e. The summed E-state index contributed by atoms with van der Waals surface area (Å²) in [6.07, 6.45) is 4.22. The number of amides is 1. The highest BCUT2D eigenvalue weighted by molar-refractivity contribution is 6.27. The van der Waals surface area contributed by atoms with E-state index in [1.165, 1.54) is 24.3 Å². The Balaban J connectivity index is 2.18. The summed E-state index contributed by atoms with van der Waals surface area (Å²) in [7, 11) is 0. The molecular formula is C21H27NO5. The van der Waals surface area contributed by atoms with Crippen LogP contribution in [0, 0.1) is 11.8 Å². The minimum absolute atomic E-state index is 0.0341. The zero-order valence-corrected chi connectivity index (χ0v) is 15.8. The second-order valence-electron chi connectivity index (χ2n) is 7.16. The summed E-state index contributed by atoms with van der Waals surface area (Å²) in [5.74, 6) is -1.55. The molecule has 6 nitrogen and oxygen atoms in total. The van der Waals surface area contributed by atoms with Crippen molar-refractivity contribution < 1.29 is 24.9 Å². The van der Waals surface area contributed by atoms with E-state index in [2.05, 4.69) is 5.32 Å². The summed E-state index contributed by atoms with van der Waals surface area (Å²) in [5.41, 5.74) is 0.115. The number of carbonyl (C=O) groups excluding carboxylic acids is 2. The van der Waals surface area contributed by atoms with Crippen LogP contribution in [0.1, 0.15) is 45.3 Å². The van der Waals surface area contributed by atoms with Gasteiger partial charge in [0.05, 0.1) is 0 Å². The molecule has 0 bridgehead atoms. The van der Waals surface area contributed by atoms with Crippen LogP contribution in [-0.4, -0.2) is 33.1 Å². The average molecular weight is 373 g/mol. The Kier molecular flexibility index (Phi) is 6.80. The van der Waals surface area contributed by atoms with Crippen LogP contribution in [0.25, 0.3) is 0 Å². The SMILES string of the molecule is C/C=C/CC(C)CC(C)/C(O)=C1/C(=O)NC(C(O)c2ccc(O)cc2)C1=O. The Labute approximate surface area is 159 Å². The molecule has 1 aromatic rings. The second-order valence-corrected chi connectivity index (χ2v) is 7.16. The van der Waals surface area contributed by atoms with Gasteiger partial charge in [-0.3, -0.25) is 9.59 Å². The first-order valence-electron chi connectivity index (χ1n) is 9.12. The Hall–Kier alpha value is -2.60. The number of benzene rings is 1. The molecule has 4 N–H and O–H groups in total. The molecule has 2 rings (SSSR count). The maximum atomic E-state index is 12.7. The molecule has 4 unspecified atom stereocenters. The highest BCUT2D eigenvalue weighted by atomic mass is 16.3. The molecule has 1 heterocycles. The number of aromatic hydroxyl groups is 1.